The first-order chi connectivity index (χ1) is 7.74. The van der Waals surface area contributed by atoms with Crippen LogP contribution in [-0.4, -0.2) is 25.1 Å². The molecule has 16 heavy (non-hydrogen) atoms. The molecule has 90 valence electrons. The second kappa shape index (κ2) is 7.36. The summed E-state index contributed by atoms with van der Waals surface area (Å²) in [5, 5.41) is 6.75. The SMILES string of the molecule is CNCC(CNCc1ccncc1)C(C)C. The minimum Gasteiger partial charge on any atom is -0.319 e. The zero-order valence-corrected chi connectivity index (χ0v) is 10.5. The normalized spacial score (nSPS) is 13.0. The van der Waals surface area contributed by atoms with Gasteiger partial charge in [-0.3, -0.25) is 4.98 Å². The molecule has 0 aliphatic rings. The number of rotatable bonds is 7. The maximum atomic E-state index is 4.01. The quantitative estimate of drug-likeness (QED) is 0.735. The van der Waals surface area contributed by atoms with E-state index in [1.165, 1.54) is 5.56 Å². The minimum absolute atomic E-state index is 0.687. The lowest BCUT2D eigenvalue weighted by molar-refractivity contribution is 0.352. The van der Waals surface area contributed by atoms with E-state index in [4.69, 9.17) is 0 Å². The van der Waals surface area contributed by atoms with E-state index in [0.29, 0.717) is 11.8 Å². The second-order valence-corrected chi connectivity index (χ2v) is 4.55. The van der Waals surface area contributed by atoms with Crippen LogP contribution in [0.5, 0.6) is 0 Å². The number of pyridine rings is 1. The zero-order chi connectivity index (χ0) is 11.8. The van der Waals surface area contributed by atoms with Crippen LogP contribution in [0.2, 0.25) is 0 Å². The summed E-state index contributed by atoms with van der Waals surface area (Å²) < 4.78 is 0. The van der Waals surface area contributed by atoms with E-state index < -0.39 is 0 Å². The molecule has 0 fully saturated rings. The van der Waals surface area contributed by atoms with Gasteiger partial charge >= 0.3 is 0 Å². The average molecular weight is 221 g/mol. The van der Waals surface area contributed by atoms with Gasteiger partial charge in [0, 0.05) is 18.9 Å². The Balaban J connectivity index is 2.28. The molecule has 1 unspecified atom stereocenters. The standard InChI is InChI=1S/C13H23N3/c1-11(2)13(9-14-3)10-16-8-12-4-6-15-7-5-12/h4-7,11,13-14,16H,8-10H2,1-3H3. The van der Waals surface area contributed by atoms with Gasteiger partial charge in [0.05, 0.1) is 0 Å². The van der Waals surface area contributed by atoms with E-state index in [1.54, 1.807) is 0 Å². The van der Waals surface area contributed by atoms with Crippen molar-refractivity contribution in [1.82, 2.24) is 15.6 Å². The molecular formula is C13H23N3. The Bertz CT molecular complexity index is 272. The maximum Gasteiger partial charge on any atom is 0.0271 e. The molecule has 1 atom stereocenters. The molecule has 2 N–H and O–H groups in total. The first-order valence-corrected chi connectivity index (χ1v) is 5.98. The molecule has 0 radical (unpaired) electrons. The van der Waals surface area contributed by atoms with Crippen molar-refractivity contribution in [3.63, 3.8) is 0 Å². The van der Waals surface area contributed by atoms with Gasteiger partial charge in [-0.1, -0.05) is 13.8 Å². The second-order valence-electron chi connectivity index (χ2n) is 4.55. The summed E-state index contributed by atoms with van der Waals surface area (Å²) >= 11 is 0. The molecule has 1 aromatic rings. The van der Waals surface area contributed by atoms with Gasteiger partial charge < -0.3 is 10.6 Å². The molecule has 1 rings (SSSR count). The van der Waals surface area contributed by atoms with Crippen molar-refractivity contribution in [2.45, 2.75) is 20.4 Å². The smallest absolute Gasteiger partial charge is 0.0271 e. The van der Waals surface area contributed by atoms with Crippen LogP contribution < -0.4 is 10.6 Å². The van der Waals surface area contributed by atoms with E-state index in [-0.39, 0.29) is 0 Å². The molecule has 0 aromatic carbocycles. The molecule has 0 bridgehead atoms. The lowest BCUT2D eigenvalue weighted by Gasteiger charge is -2.21. The van der Waals surface area contributed by atoms with Crippen molar-refractivity contribution in [2.24, 2.45) is 11.8 Å². The average Bonchev–Trinajstić information content (AvgIpc) is 2.29. The number of nitrogens with zero attached hydrogens (tertiary/aromatic N) is 1. The van der Waals surface area contributed by atoms with Crippen LogP contribution in [0.4, 0.5) is 0 Å². The summed E-state index contributed by atoms with van der Waals surface area (Å²) in [4.78, 5) is 4.01. The highest BCUT2D eigenvalue weighted by Crippen LogP contribution is 2.08. The molecule has 3 nitrogen and oxygen atoms in total. The first kappa shape index (κ1) is 13.1. The van der Waals surface area contributed by atoms with Gasteiger partial charge in [-0.15, -0.1) is 0 Å². The molecule has 0 aliphatic carbocycles. The molecule has 0 saturated heterocycles. The summed E-state index contributed by atoms with van der Waals surface area (Å²) in [7, 11) is 2.01. The molecule has 0 amide bonds. The third kappa shape index (κ3) is 4.73. The molecular weight excluding hydrogens is 198 g/mol. The molecule has 3 heteroatoms. The number of hydrogen-bond acceptors (Lipinski definition) is 3. The Morgan fingerprint density at radius 2 is 1.88 bits per heavy atom. The topological polar surface area (TPSA) is 37.0 Å². The Hall–Kier alpha value is -0.930. The molecule has 1 aromatic heterocycles. The Labute approximate surface area is 98.7 Å². The summed E-state index contributed by atoms with van der Waals surface area (Å²) in [6.45, 7) is 7.60. The largest absolute Gasteiger partial charge is 0.319 e. The molecule has 1 heterocycles. The summed E-state index contributed by atoms with van der Waals surface area (Å²) in [5.74, 6) is 1.39. The van der Waals surface area contributed by atoms with Crippen molar-refractivity contribution in [2.75, 3.05) is 20.1 Å². The van der Waals surface area contributed by atoms with E-state index in [1.807, 2.05) is 19.4 Å². The van der Waals surface area contributed by atoms with Crippen molar-refractivity contribution in [1.29, 1.82) is 0 Å². The van der Waals surface area contributed by atoms with Gasteiger partial charge in [0.1, 0.15) is 0 Å². The van der Waals surface area contributed by atoms with Crippen LogP contribution in [-0.2, 0) is 6.54 Å². The van der Waals surface area contributed by atoms with Crippen LogP contribution in [0, 0.1) is 11.8 Å². The van der Waals surface area contributed by atoms with Gasteiger partial charge in [0.15, 0.2) is 0 Å². The van der Waals surface area contributed by atoms with E-state index in [9.17, 15) is 0 Å². The Kier molecular flexibility index (Phi) is 6.04. The predicted octanol–water partition coefficient (Wildman–Crippen LogP) is 1.66. The maximum absolute atomic E-state index is 4.01. The number of nitrogens with one attached hydrogen (secondary N) is 2. The fraction of sp³-hybridized carbons (Fsp3) is 0.615. The van der Waals surface area contributed by atoms with Crippen molar-refractivity contribution >= 4 is 0 Å². The fourth-order valence-corrected chi connectivity index (χ4v) is 1.71. The highest BCUT2D eigenvalue weighted by molar-refractivity contribution is 5.08. The van der Waals surface area contributed by atoms with Gasteiger partial charge in [0.2, 0.25) is 0 Å². The lowest BCUT2D eigenvalue weighted by Crippen LogP contribution is -2.32. The first-order valence-electron chi connectivity index (χ1n) is 5.98. The predicted molar refractivity (Wildman–Crippen MR) is 68.2 cm³/mol. The number of hydrogen-bond donors (Lipinski definition) is 2. The Morgan fingerprint density at radius 1 is 1.19 bits per heavy atom. The van der Waals surface area contributed by atoms with Crippen LogP contribution >= 0.6 is 0 Å². The minimum atomic E-state index is 0.687. The summed E-state index contributed by atoms with van der Waals surface area (Å²) in [6.07, 6.45) is 3.68. The third-order valence-corrected chi connectivity index (χ3v) is 2.89. The van der Waals surface area contributed by atoms with E-state index in [2.05, 4.69) is 41.6 Å². The van der Waals surface area contributed by atoms with E-state index in [0.717, 1.165) is 19.6 Å². The highest BCUT2D eigenvalue weighted by Gasteiger charge is 2.11. The van der Waals surface area contributed by atoms with Crippen LogP contribution in [0.1, 0.15) is 19.4 Å². The van der Waals surface area contributed by atoms with Gasteiger partial charge in [-0.2, -0.15) is 0 Å². The molecule has 0 aliphatic heterocycles. The highest BCUT2D eigenvalue weighted by atomic mass is 14.9. The molecule has 0 spiro atoms. The van der Waals surface area contributed by atoms with Gasteiger partial charge in [-0.05, 0) is 49.7 Å². The van der Waals surface area contributed by atoms with Crippen LogP contribution in [0.15, 0.2) is 24.5 Å². The Morgan fingerprint density at radius 3 is 2.44 bits per heavy atom. The van der Waals surface area contributed by atoms with Crippen molar-refractivity contribution < 1.29 is 0 Å². The fourth-order valence-electron chi connectivity index (χ4n) is 1.71. The summed E-state index contributed by atoms with van der Waals surface area (Å²) in [5.41, 5.74) is 1.29. The van der Waals surface area contributed by atoms with Gasteiger partial charge in [-0.25, -0.2) is 0 Å². The van der Waals surface area contributed by atoms with Crippen LogP contribution in [0.3, 0.4) is 0 Å². The summed E-state index contributed by atoms with van der Waals surface area (Å²) in [6, 6.07) is 4.10. The van der Waals surface area contributed by atoms with Gasteiger partial charge in [0.25, 0.3) is 0 Å². The van der Waals surface area contributed by atoms with Crippen LogP contribution in [0.25, 0.3) is 0 Å². The monoisotopic (exact) mass is 221 g/mol. The third-order valence-electron chi connectivity index (χ3n) is 2.89. The van der Waals surface area contributed by atoms with E-state index >= 15 is 0 Å². The number of aromatic nitrogens is 1. The van der Waals surface area contributed by atoms with Crippen molar-refractivity contribution in [3.8, 4) is 0 Å². The molecule has 0 saturated carbocycles. The van der Waals surface area contributed by atoms with Crippen molar-refractivity contribution in [3.05, 3.63) is 30.1 Å². The lowest BCUT2D eigenvalue weighted by atomic mass is 9.96. The zero-order valence-electron chi connectivity index (χ0n) is 10.5.